The Balaban J connectivity index is 2.25. The summed E-state index contributed by atoms with van der Waals surface area (Å²) in [6.45, 7) is 5.34. The molecule has 3 N–H and O–H groups in total. The van der Waals surface area contributed by atoms with Gasteiger partial charge in [0.05, 0.1) is 17.7 Å². The summed E-state index contributed by atoms with van der Waals surface area (Å²) in [6, 6.07) is -0.160. The predicted molar refractivity (Wildman–Crippen MR) is 77.2 cm³/mol. The van der Waals surface area contributed by atoms with E-state index in [4.69, 9.17) is 5.11 Å². The minimum Gasteiger partial charge on any atom is -0.396 e. The Hall–Kier alpha value is -1.14. The lowest BCUT2D eigenvalue weighted by Crippen LogP contribution is -2.38. The zero-order valence-corrected chi connectivity index (χ0v) is 12.4. The Morgan fingerprint density at radius 1 is 1.47 bits per heavy atom. The van der Waals surface area contributed by atoms with E-state index in [9.17, 15) is 4.79 Å². The highest BCUT2D eigenvalue weighted by atomic mass is 32.1. The monoisotopic (exact) mass is 285 g/mol. The van der Waals surface area contributed by atoms with Crippen LogP contribution in [0.25, 0.3) is 0 Å². The van der Waals surface area contributed by atoms with Crippen LogP contribution in [0, 0.1) is 12.8 Å². The molecule has 1 rings (SSSR count). The van der Waals surface area contributed by atoms with Crippen LogP contribution in [0.1, 0.15) is 36.8 Å². The molecular formula is C13H23N3O2S. The molecule has 0 saturated heterocycles. The smallest absolute Gasteiger partial charge is 0.315 e. The molecule has 0 spiro atoms. The van der Waals surface area contributed by atoms with Crippen LogP contribution < -0.4 is 10.6 Å². The van der Waals surface area contributed by atoms with Crippen molar-refractivity contribution in [1.82, 2.24) is 15.6 Å². The molecule has 19 heavy (non-hydrogen) atoms. The van der Waals surface area contributed by atoms with Gasteiger partial charge < -0.3 is 15.7 Å². The molecule has 108 valence electrons. The van der Waals surface area contributed by atoms with Gasteiger partial charge in [0.25, 0.3) is 0 Å². The minimum absolute atomic E-state index is 0.160. The van der Waals surface area contributed by atoms with Gasteiger partial charge in [-0.1, -0.05) is 13.3 Å². The quantitative estimate of drug-likeness (QED) is 0.684. The fourth-order valence-corrected chi connectivity index (χ4v) is 2.61. The van der Waals surface area contributed by atoms with Crippen molar-refractivity contribution in [3.05, 3.63) is 16.1 Å². The van der Waals surface area contributed by atoms with Crippen LogP contribution in [-0.4, -0.2) is 29.3 Å². The number of carbonyl (C=O) groups excluding carboxylic acids is 1. The Morgan fingerprint density at radius 2 is 2.26 bits per heavy atom. The highest BCUT2D eigenvalue weighted by Crippen LogP contribution is 2.11. The fourth-order valence-electron chi connectivity index (χ4n) is 1.90. The number of thiazole rings is 1. The van der Waals surface area contributed by atoms with Gasteiger partial charge in [-0.05, 0) is 25.7 Å². The van der Waals surface area contributed by atoms with E-state index in [0.29, 0.717) is 19.0 Å². The molecule has 6 heteroatoms. The highest BCUT2D eigenvalue weighted by molar-refractivity contribution is 7.09. The lowest BCUT2D eigenvalue weighted by molar-refractivity contribution is 0.229. The predicted octanol–water partition coefficient (Wildman–Crippen LogP) is 2.05. The van der Waals surface area contributed by atoms with Crippen LogP contribution in [0.2, 0.25) is 0 Å². The summed E-state index contributed by atoms with van der Waals surface area (Å²) in [5.74, 6) is 0.353. The normalized spacial score (nSPS) is 12.2. The van der Waals surface area contributed by atoms with Crippen LogP contribution in [0.15, 0.2) is 5.51 Å². The van der Waals surface area contributed by atoms with Gasteiger partial charge in [0.1, 0.15) is 0 Å². The second kappa shape index (κ2) is 8.87. The van der Waals surface area contributed by atoms with Crippen LogP contribution in [0.3, 0.4) is 0 Å². The van der Waals surface area contributed by atoms with Gasteiger partial charge in [-0.2, -0.15) is 0 Å². The Kier molecular flexibility index (Phi) is 7.43. The number of urea groups is 1. The number of amides is 2. The lowest BCUT2D eigenvalue weighted by Gasteiger charge is -2.15. The number of carbonyl (C=O) groups is 1. The Bertz CT molecular complexity index is 376. The number of rotatable bonds is 8. The first kappa shape index (κ1) is 15.9. The van der Waals surface area contributed by atoms with Gasteiger partial charge >= 0.3 is 6.03 Å². The van der Waals surface area contributed by atoms with Crippen LogP contribution in [0.5, 0.6) is 0 Å². The molecule has 0 aliphatic carbocycles. The molecule has 0 aliphatic rings. The zero-order chi connectivity index (χ0) is 14.1. The number of hydrogen-bond acceptors (Lipinski definition) is 4. The number of hydrogen-bond donors (Lipinski definition) is 3. The average molecular weight is 285 g/mol. The first-order chi connectivity index (χ1) is 9.17. The van der Waals surface area contributed by atoms with Gasteiger partial charge in [0, 0.05) is 18.0 Å². The molecule has 0 radical (unpaired) electrons. The van der Waals surface area contributed by atoms with Gasteiger partial charge in [0.2, 0.25) is 0 Å². The van der Waals surface area contributed by atoms with E-state index in [2.05, 4.69) is 22.5 Å². The maximum absolute atomic E-state index is 11.7. The first-order valence-electron chi connectivity index (χ1n) is 6.68. The summed E-state index contributed by atoms with van der Waals surface area (Å²) in [4.78, 5) is 16.9. The number of nitrogens with zero attached hydrogens (tertiary/aromatic N) is 1. The zero-order valence-electron chi connectivity index (χ0n) is 11.6. The number of aliphatic hydroxyl groups excluding tert-OH is 1. The van der Waals surface area contributed by atoms with Gasteiger partial charge in [-0.15, -0.1) is 11.3 Å². The third kappa shape index (κ3) is 6.02. The van der Waals surface area contributed by atoms with Crippen molar-refractivity contribution in [3.8, 4) is 0 Å². The maximum Gasteiger partial charge on any atom is 0.315 e. The van der Waals surface area contributed by atoms with Crippen LogP contribution in [0.4, 0.5) is 4.79 Å². The first-order valence-corrected chi connectivity index (χ1v) is 7.56. The van der Waals surface area contributed by atoms with Crippen molar-refractivity contribution in [2.75, 3.05) is 13.2 Å². The van der Waals surface area contributed by atoms with Crippen molar-refractivity contribution >= 4 is 17.4 Å². The molecule has 1 aromatic heterocycles. The Morgan fingerprint density at radius 3 is 2.84 bits per heavy atom. The summed E-state index contributed by atoms with van der Waals surface area (Å²) in [5.41, 5.74) is 2.75. The van der Waals surface area contributed by atoms with Crippen LogP contribution in [-0.2, 0) is 6.54 Å². The van der Waals surface area contributed by atoms with Crippen molar-refractivity contribution < 1.29 is 9.90 Å². The molecule has 0 aromatic carbocycles. The summed E-state index contributed by atoms with van der Waals surface area (Å²) < 4.78 is 0. The summed E-state index contributed by atoms with van der Waals surface area (Å²) >= 11 is 1.55. The highest BCUT2D eigenvalue weighted by Gasteiger charge is 2.09. The molecule has 0 saturated carbocycles. The second-order valence-corrected chi connectivity index (χ2v) is 5.53. The van der Waals surface area contributed by atoms with E-state index >= 15 is 0 Å². The average Bonchev–Trinajstić information content (AvgIpc) is 2.79. The van der Waals surface area contributed by atoms with Crippen molar-refractivity contribution in [2.45, 2.75) is 39.7 Å². The topological polar surface area (TPSA) is 74.2 Å². The van der Waals surface area contributed by atoms with E-state index < -0.39 is 0 Å². The van der Waals surface area contributed by atoms with Crippen molar-refractivity contribution in [1.29, 1.82) is 0 Å². The molecule has 5 nitrogen and oxygen atoms in total. The number of nitrogens with one attached hydrogen (secondary N) is 2. The standard InChI is InChI=1S/C13H23N3O2S/c1-3-4-11(5-6-17)7-14-13(18)15-8-12-10(2)16-9-19-12/h9,11,17H,3-8H2,1-2H3,(H2,14,15,18). The Labute approximate surface area is 118 Å². The summed E-state index contributed by atoms with van der Waals surface area (Å²) in [7, 11) is 0. The van der Waals surface area contributed by atoms with E-state index in [1.54, 1.807) is 16.8 Å². The van der Waals surface area contributed by atoms with Crippen molar-refractivity contribution in [2.24, 2.45) is 5.92 Å². The summed E-state index contributed by atoms with van der Waals surface area (Å²) in [5, 5.41) is 14.6. The van der Waals surface area contributed by atoms with E-state index in [0.717, 1.165) is 29.8 Å². The maximum atomic E-state index is 11.7. The molecule has 0 fully saturated rings. The third-order valence-corrected chi connectivity index (χ3v) is 3.98. The van der Waals surface area contributed by atoms with Gasteiger partial charge in [0.15, 0.2) is 0 Å². The van der Waals surface area contributed by atoms with Gasteiger partial charge in [-0.3, -0.25) is 0 Å². The van der Waals surface area contributed by atoms with Gasteiger partial charge in [-0.25, -0.2) is 9.78 Å². The third-order valence-electron chi connectivity index (χ3n) is 3.04. The van der Waals surface area contributed by atoms with Crippen LogP contribution >= 0.6 is 11.3 Å². The number of aromatic nitrogens is 1. The SMILES string of the molecule is CCCC(CCO)CNC(=O)NCc1scnc1C. The molecule has 1 unspecified atom stereocenters. The fraction of sp³-hybridized carbons (Fsp3) is 0.692. The minimum atomic E-state index is -0.160. The van der Waals surface area contributed by atoms with E-state index in [1.807, 2.05) is 6.92 Å². The molecule has 1 heterocycles. The largest absolute Gasteiger partial charge is 0.396 e. The molecule has 0 bridgehead atoms. The number of aryl methyl sites for hydroxylation is 1. The molecule has 1 aromatic rings. The van der Waals surface area contributed by atoms with E-state index in [1.165, 1.54) is 0 Å². The number of aliphatic hydroxyl groups is 1. The molecular weight excluding hydrogens is 262 g/mol. The van der Waals surface area contributed by atoms with Crippen molar-refractivity contribution in [3.63, 3.8) is 0 Å². The second-order valence-electron chi connectivity index (χ2n) is 4.59. The molecule has 1 atom stereocenters. The lowest BCUT2D eigenvalue weighted by atomic mass is 10.0. The molecule has 0 aliphatic heterocycles. The molecule has 2 amide bonds. The van der Waals surface area contributed by atoms with E-state index in [-0.39, 0.29) is 12.6 Å². The summed E-state index contributed by atoms with van der Waals surface area (Å²) in [6.07, 6.45) is 2.82.